The molecule has 18 rings (SSSR count). The van der Waals surface area contributed by atoms with Crippen molar-refractivity contribution < 1.29 is 116 Å². The molecule has 4 aromatic heterocycles. The highest BCUT2D eigenvalue weighted by Gasteiger charge is 2.45. The first-order valence-electron chi connectivity index (χ1n) is 40.7. The summed E-state index contributed by atoms with van der Waals surface area (Å²) < 4.78 is 74.4. The highest BCUT2D eigenvalue weighted by molar-refractivity contribution is 9.11. The summed E-state index contributed by atoms with van der Waals surface area (Å²) in [7, 11) is 9.73. The lowest BCUT2D eigenvalue weighted by Crippen LogP contribution is -2.55. The number of hydrogen-bond donors (Lipinski definition) is 9. The van der Waals surface area contributed by atoms with Crippen LogP contribution in [0, 0.1) is 0 Å². The number of aromatic hydroxyl groups is 1. The van der Waals surface area contributed by atoms with Crippen LogP contribution in [-0.4, -0.2) is 174 Å². The molecule has 131 heavy (non-hydrogen) atoms. The number of aliphatic hydroxyl groups excluding tert-OH is 8. The largest absolute Gasteiger partial charge is 0.508 e. The maximum atomic E-state index is 11.9. The third-order valence-corrected chi connectivity index (χ3v) is 23.7. The van der Waals surface area contributed by atoms with Crippen LogP contribution in [0.2, 0.25) is 0 Å². The van der Waals surface area contributed by atoms with Gasteiger partial charge >= 0.3 is 0 Å². The van der Waals surface area contributed by atoms with Gasteiger partial charge in [0.2, 0.25) is 0 Å². The van der Waals surface area contributed by atoms with E-state index in [2.05, 4.69) is 85.7 Å². The molecule has 6 heterocycles. The SMILES string of the molecule is COc1ccc(-c2cc3cc(Br)ccc3o2)cc1.COc1ccc(-c2cc3cc([C@@H]4O[C@H](CO)[C@@H](O)[C@H](O)[C@H]4O)ccc3o2)cc1.COc1ccc(-c2coc3ccc(Br)cc23)cc1.COc1ccc(-c2coc3ccc([C@@H]4O[C@H](CO)[C@@H](O)[C@H](O)[C@H]4O)cc23)cc1.COc1ccc(C(=O)CBr)cc1.COc1ccc(C(=O)COc2ccc(Br)cc2)cc1.Oc1ccc(Br)cc1. The molecule has 16 aromatic rings. The molecule has 0 spiro atoms. The van der Waals surface area contributed by atoms with Crippen LogP contribution in [0.25, 0.3) is 88.8 Å². The second-order valence-corrected chi connectivity index (χ2v) is 33.7. The summed E-state index contributed by atoms with van der Waals surface area (Å²) in [6.45, 7) is -0.905. The Morgan fingerprint density at radius 2 is 0.664 bits per heavy atom. The van der Waals surface area contributed by atoms with Crippen LogP contribution in [0.5, 0.6) is 46.0 Å². The Balaban J connectivity index is 0.000000142. The van der Waals surface area contributed by atoms with Crippen molar-refractivity contribution in [2.75, 3.05) is 67.8 Å². The molecule has 29 heteroatoms. The third kappa shape index (κ3) is 25.9. The number of aliphatic hydroxyl groups is 8. The number of ketones is 2. The highest BCUT2D eigenvalue weighted by Crippen LogP contribution is 2.41. The predicted octanol–water partition coefficient (Wildman–Crippen LogP) is 21.1. The van der Waals surface area contributed by atoms with Crippen molar-refractivity contribution in [3.63, 3.8) is 0 Å². The number of ether oxygens (including phenoxy) is 9. The molecule has 10 atom stereocenters. The lowest BCUT2D eigenvalue weighted by atomic mass is 9.90. The number of phenolic OH excluding ortho intramolecular Hbond substituents is 1. The standard InChI is InChI=1S/2C21H22O7.C15H13BrO3.2C15H11BrO2.C9H9BrO2.C6H5BrO/c1-26-14-5-2-11(3-6-14)16-9-13-8-12(4-7-15(13)27-16)21-20(25)19(24)18(23)17(10-22)28-21;1-26-13-5-2-11(3-6-13)15-10-27-16-7-4-12(8-14(15)16)21-20(25)19(24)18(23)17(9-22)28-21;1-18-13-6-2-11(3-7-13)15(17)10-19-14-8-4-12(16)5-9-14;1-17-13-5-2-10(3-6-13)15-9-11-8-12(16)4-7-14(11)18-15;1-17-12-5-2-10(3-6-12)14-9-18-15-7-4-11(16)8-13(14)15;1-12-8-4-2-7(3-5-8)9(11)6-10;7-5-1-3-6(8)4-2-5/h2-9,17-25H,10H2,1H3;2-8,10,17-25H,9H2,1H3;2-9H,10H2,1H3;2*2-9H,1H3;2-5H,6H2,1H3;1-4,8H/t2*17-,18-,19+,20-,21+;;;;;/m11...../s1. The minimum absolute atomic E-state index is 0.0218. The molecule has 24 nitrogen and oxygen atoms in total. The Hall–Kier alpha value is -11.5. The first-order chi connectivity index (χ1) is 63.3. The Bertz CT molecular complexity index is 6290. The van der Waals surface area contributed by atoms with Crippen molar-refractivity contribution in [1.29, 1.82) is 0 Å². The number of methoxy groups -OCH3 is 6. The molecule has 2 aliphatic heterocycles. The van der Waals surface area contributed by atoms with Gasteiger partial charge < -0.3 is 106 Å². The predicted molar refractivity (Wildman–Crippen MR) is 518 cm³/mol. The van der Waals surface area contributed by atoms with Gasteiger partial charge in [-0.25, -0.2) is 0 Å². The van der Waals surface area contributed by atoms with Crippen molar-refractivity contribution in [1.82, 2.24) is 0 Å². The molecule has 680 valence electrons. The average Bonchev–Trinajstić information content (AvgIpc) is 1.70. The van der Waals surface area contributed by atoms with E-state index in [4.69, 9.17) is 65.4 Å². The van der Waals surface area contributed by atoms with Crippen molar-refractivity contribution in [3.8, 4) is 90.9 Å². The molecule has 2 saturated heterocycles. The molecule has 0 unspecified atom stereocenters. The number of fused-ring (bicyclic) bond motifs is 4. The fourth-order valence-corrected chi connectivity index (χ4v) is 15.4. The van der Waals surface area contributed by atoms with Gasteiger partial charge in [-0.2, -0.15) is 0 Å². The van der Waals surface area contributed by atoms with E-state index in [0.29, 0.717) is 56.0 Å². The number of benzene rings is 12. The molecule has 12 aromatic carbocycles. The van der Waals surface area contributed by atoms with Gasteiger partial charge in [-0.05, 0) is 265 Å². The van der Waals surface area contributed by atoms with Crippen LogP contribution < -0.4 is 33.2 Å². The maximum Gasteiger partial charge on any atom is 0.200 e. The number of furan rings is 4. The Morgan fingerprint density at radius 3 is 1.06 bits per heavy atom. The van der Waals surface area contributed by atoms with E-state index in [1.165, 1.54) is 0 Å². The molecule has 0 saturated carbocycles. The number of hydrogen-bond acceptors (Lipinski definition) is 24. The quantitative estimate of drug-likeness (QED) is 0.0253. The van der Waals surface area contributed by atoms with Crippen molar-refractivity contribution >= 4 is 135 Å². The zero-order valence-electron chi connectivity index (χ0n) is 71.4. The van der Waals surface area contributed by atoms with E-state index in [1.807, 2.05) is 170 Å². The molecule has 0 aliphatic carbocycles. The van der Waals surface area contributed by atoms with Crippen molar-refractivity contribution in [3.05, 3.63) is 332 Å². The summed E-state index contributed by atoms with van der Waals surface area (Å²) in [6.07, 6.45) is -8.46. The van der Waals surface area contributed by atoms with Gasteiger partial charge in [0, 0.05) is 72.8 Å². The second kappa shape index (κ2) is 47.6. The summed E-state index contributed by atoms with van der Waals surface area (Å²) in [5.74, 6) is 7.23. The minimum atomic E-state index is -1.42. The number of carbonyl (C=O) groups is 2. The molecule has 2 fully saturated rings. The van der Waals surface area contributed by atoms with Crippen LogP contribution in [0.1, 0.15) is 44.1 Å². The van der Waals surface area contributed by atoms with Crippen LogP contribution >= 0.6 is 79.6 Å². The first kappa shape index (κ1) is 98.6. The van der Waals surface area contributed by atoms with E-state index >= 15 is 0 Å². The van der Waals surface area contributed by atoms with E-state index in [0.717, 1.165) is 124 Å². The molecule has 9 N–H and O–H groups in total. The second-order valence-electron chi connectivity index (χ2n) is 29.5. The fraction of sp³-hybridized carbons (Fsp3) is 0.196. The third-order valence-electron chi connectivity index (χ3n) is 21.1. The lowest BCUT2D eigenvalue weighted by molar-refractivity contribution is -0.231. The normalized spacial score (nSPS) is 17.7. The topological polar surface area (TPSA) is 352 Å². The van der Waals surface area contributed by atoms with Gasteiger partial charge in [-0.15, -0.1) is 0 Å². The summed E-state index contributed by atoms with van der Waals surface area (Å²) in [5.41, 5.74) is 11.6. The summed E-state index contributed by atoms with van der Waals surface area (Å²) in [4.78, 5) is 23.0. The van der Waals surface area contributed by atoms with E-state index in [-0.39, 0.29) is 18.2 Å². The Morgan fingerprint density at radius 1 is 0.336 bits per heavy atom. The van der Waals surface area contributed by atoms with E-state index in [1.54, 1.807) is 158 Å². The Labute approximate surface area is 796 Å². The fourth-order valence-electron chi connectivity index (χ4n) is 13.9. The summed E-state index contributed by atoms with van der Waals surface area (Å²) in [5, 5.41) is 92.4. The van der Waals surface area contributed by atoms with Gasteiger partial charge in [0.05, 0.1) is 73.7 Å². The van der Waals surface area contributed by atoms with E-state index in [9.17, 15) is 50.4 Å². The monoisotopic (exact) mass is 2100 g/mol. The minimum Gasteiger partial charge on any atom is -0.508 e. The number of Topliss-reactive ketones (excluding diaryl/α,β-unsaturated/α-hetero) is 2. The van der Waals surface area contributed by atoms with Crippen molar-refractivity contribution in [2.45, 2.75) is 61.0 Å². The zero-order valence-corrected chi connectivity index (χ0v) is 79.3. The number of phenols is 1. The van der Waals surface area contributed by atoms with Crippen LogP contribution in [0.4, 0.5) is 0 Å². The molecule has 0 radical (unpaired) electrons. The van der Waals surface area contributed by atoms with E-state index < -0.39 is 74.3 Å². The van der Waals surface area contributed by atoms with Gasteiger partial charge in [0.25, 0.3) is 0 Å². The number of halogens is 5. The summed E-state index contributed by atoms with van der Waals surface area (Å²) in [6, 6.07) is 85.6. The molecule has 0 bridgehead atoms. The highest BCUT2D eigenvalue weighted by atomic mass is 79.9. The lowest BCUT2D eigenvalue weighted by Gasteiger charge is -2.40. The summed E-state index contributed by atoms with van der Waals surface area (Å²) >= 11 is 16.6. The van der Waals surface area contributed by atoms with Crippen LogP contribution in [0.15, 0.2) is 327 Å². The van der Waals surface area contributed by atoms with Gasteiger partial charge in [0.15, 0.2) is 18.2 Å². The van der Waals surface area contributed by atoms with Gasteiger partial charge in [0.1, 0.15) is 141 Å². The smallest absolute Gasteiger partial charge is 0.200 e. The number of alkyl halides is 1. The van der Waals surface area contributed by atoms with Gasteiger partial charge in [-0.1, -0.05) is 116 Å². The number of carbonyl (C=O) groups excluding carboxylic acids is 2. The van der Waals surface area contributed by atoms with Crippen LogP contribution in [0.3, 0.4) is 0 Å². The number of rotatable bonds is 20. The maximum absolute atomic E-state index is 11.9. The van der Waals surface area contributed by atoms with Crippen LogP contribution in [-0.2, 0) is 9.47 Å². The molecular formula is C102H93Br5O24. The Kier molecular flexibility index (Phi) is 35.8. The first-order valence-corrected chi connectivity index (χ1v) is 45.0. The molecule has 2 aliphatic rings. The van der Waals surface area contributed by atoms with Crippen molar-refractivity contribution in [2.24, 2.45) is 0 Å². The average molecular weight is 2100 g/mol. The molecule has 0 amide bonds. The van der Waals surface area contributed by atoms with Gasteiger partial charge in [-0.3, -0.25) is 9.59 Å². The zero-order chi connectivity index (χ0) is 93.4. The molecular weight excluding hydrogens is 2010 g/mol.